The molecule has 2 N–H and O–H groups in total. The molecule has 0 saturated heterocycles. The predicted octanol–water partition coefficient (Wildman–Crippen LogP) is 9.42. The molecule has 7 nitrogen and oxygen atoms in total. The number of carboxylic acid groups (broad SMARTS) is 1. The standard InChI is InChI=1S/C32H24Cl2F3N3O4.C2H6/c1-18(19-2-4-20(5-3-19)31(43)38-11-10-30(41)42)40-29(17-28(39-40)24-13-25(33)16-26(34)14-24)23-7-6-22-15-27(44-32(35,36)37)9-8-21(22)12-23;1-2/h2-9,12-18H,10-11H2,1H3,(H,38,43)(H,41,42);1-2H3. The summed E-state index contributed by atoms with van der Waals surface area (Å²) in [6.07, 6.45) is -4.97. The molecule has 0 saturated carbocycles. The molecule has 1 heterocycles. The van der Waals surface area contributed by atoms with Crippen molar-refractivity contribution in [1.82, 2.24) is 15.1 Å². The zero-order valence-electron chi connectivity index (χ0n) is 25.0. The van der Waals surface area contributed by atoms with E-state index in [1.54, 1.807) is 60.7 Å². The first-order chi connectivity index (χ1) is 21.9. The van der Waals surface area contributed by atoms with Gasteiger partial charge in [0, 0.05) is 33.3 Å². The molecule has 5 aromatic rings. The molecule has 1 unspecified atom stereocenters. The van der Waals surface area contributed by atoms with E-state index in [-0.39, 0.29) is 30.7 Å². The largest absolute Gasteiger partial charge is 0.573 e. The minimum atomic E-state index is -4.79. The van der Waals surface area contributed by atoms with E-state index < -0.39 is 12.3 Å². The van der Waals surface area contributed by atoms with E-state index in [1.165, 1.54) is 12.1 Å². The van der Waals surface area contributed by atoms with Crippen LogP contribution >= 0.6 is 23.2 Å². The van der Waals surface area contributed by atoms with E-state index in [0.29, 0.717) is 37.6 Å². The van der Waals surface area contributed by atoms with Gasteiger partial charge in [-0.1, -0.05) is 67.4 Å². The van der Waals surface area contributed by atoms with Gasteiger partial charge < -0.3 is 15.2 Å². The average molecular weight is 673 g/mol. The fraction of sp³-hybridized carbons (Fsp3) is 0.206. The molecule has 0 aliphatic heterocycles. The van der Waals surface area contributed by atoms with E-state index in [9.17, 15) is 22.8 Å². The summed E-state index contributed by atoms with van der Waals surface area (Å²) in [5.74, 6) is -1.70. The minimum absolute atomic E-state index is 0.0156. The number of alkyl halides is 3. The summed E-state index contributed by atoms with van der Waals surface area (Å²) in [5.41, 5.74) is 3.98. The van der Waals surface area contributed by atoms with Gasteiger partial charge in [0.2, 0.25) is 0 Å². The van der Waals surface area contributed by atoms with E-state index in [0.717, 1.165) is 16.8 Å². The Morgan fingerprint density at radius 1 is 0.891 bits per heavy atom. The van der Waals surface area contributed by atoms with Gasteiger partial charge in [-0.15, -0.1) is 13.2 Å². The molecule has 12 heteroatoms. The zero-order valence-corrected chi connectivity index (χ0v) is 26.5. The van der Waals surface area contributed by atoms with Crippen molar-refractivity contribution in [3.63, 3.8) is 0 Å². The Balaban J connectivity index is 0.00000235. The third-order valence-corrected chi connectivity index (χ3v) is 7.32. The molecule has 5 rings (SSSR count). The average Bonchev–Trinajstić information content (AvgIpc) is 3.46. The van der Waals surface area contributed by atoms with E-state index in [4.69, 9.17) is 33.4 Å². The van der Waals surface area contributed by atoms with Gasteiger partial charge in [-0.25, -0.2) is 0 Å². The van der Waals surface area contributed by atoms with Crippen LogP contribution in [0.3, 0.4) is 0 Å². The van der Waals surface area contributed by atoms with Gasteiger partial charge in [0.1, 0.15) is 5.75 Å². The lowest BCUT2D eigenvalue weighted by atomic mass is 10.0. The van der Waals surface area contributed by atoms with Crippen molar-refractivity contribution >= 4 is 45.9 Å². The number of carbonyl (C=O) groups excluding carboxylic acids is 1. The predicted molar refractivity (Wildman–Crippen MR) is 173 cm³/mol. The second-order valence-corrected chi connectivity index (χ2v) is 10.9. The molecule has 0 bridgehead atoms. The molecule has 0 fully saturated rings. The topological polar surface area (TPSA) is 93.5 Å². The number of carboxylic acids is 1. The van der Waals surface area contributed by atoms with Gasteiger partial charge in [-0.05, 0) is 77.9 Å². The van der Waals surface area contributed by atoms with E-state index in [2.05, 4.69) is 10.1 Å². The molecule has 1 atom stereocenters. The lowest BCUT2D eigenvalue weighted by Crippen LogP contribution is -2.26. The van der Waals surface area contributed by atoms with Crippen LogP contribution in [0.25, 0.3) is 33.3 Å². The van der Waals surface area contributed by atoms with E-state index >= 15 is 0 Å². The molecular weight excluding hydrogens is 642 g/mol. The van der Waals surface area contributed by atoms with Gasteiger partial charge in [-0.3, -0.25) is 14.3 Å². The third kappa shape index (κ3) is 8.58. The quantitative estimate of drug-likeness (QED) is 0.163. The fourth-order valence-electron chi connectivity index (χ4n) is 4.77. The lowest BCUT2D eigenvalue weighted by Gasteiger charge is -2.17. The van der Waals surface area contributed by atoms with Crippen molar-refractivity contribution < 1.29 is 32.6 Å². The maximum atomic E-state index is 12.7. The minimum Gasteiger partial charge on any atom is -0.481 e. The highest BCUT2D eigenvalue weighted by atomic mass is 35.5. The molecule has 0 aliphatic rings. The van der Waals surface area contributed by atoms with Crippen LogP contribution < -0.4 is 10.1 Å². The number of aromatic nitrogens is 2. The summed E-state index contributed by atoms with van der Waals surface area (Å²) in [7, 11) is 0. The number of nitrogens with one attached hydrogen (secondary N) is 1. The Labute approximate surface area is 273 Å². The van der Waals surface area contributed by atoms with Crippen LogP contribution in [0.15, 0.2) is 84.9 Å². The zero-order chi connectivity index (χ0) is 33.6. The van der Waals surface area contributed by atoms with Crippen molar-refractivity contribution in [2.24, 2.45) is 0 Å². The molecule has 0 radical (unpaired) electrons. The number of fused-ring (bicyclic) bond motifs is 1. The normalized spacial score (nSPS) is 11.8. The number of halogens is 5. The molecule has 1 amide bonds. The number of nitrogens with zero attached hydrogens (tertiary/aromatic N) is 2. The van der Waals surface area contributed by atoms with Crippen molar-refractivity contribution in [2.45, 2.75) is 39.6 Å². The Hall–Kier alpha value is -4.54. The first kappa shape index (κ1) is 34.3. The first-order valence-corrected chi connectivity index (χ1v) is 15.1. The van der Waals surface area contributed by atoms with Crippen molar-refractivity contribution in [1.29, 1.82) is 0 Å². The van der Waals surface area contributed by atoms with Crippen LogP contribution in [0.4, 0.5) is 13.2 Å². The van der Waals surface area contributed by atoms with Crippen LogP contribution in [0.2, 0.25) is 10.0 Å². The highest BCUT2D eigenvalue weighted by Crippen LogP contribution is 2.35. The molecule has 46 heavy (non-hydrogen) atoms. The smallest absolute Gasteiger partial charge is 0.481 e. The molecule has 4 aromatic carbocycles. The van der Waals surface area contributed by atoms with Crippen LogP contribution in [0, 0.1) is 0 Å². The molecule has 240 valence electrons. The molecule has 0 spiro atoms. The first-order valence-electron chi connectivity index (χ1n) is 14.3. The third-order valence-electron chi connectivity index (χ3n) is 6.88. The summed E-state index contributed by atoms with van der Waals surface area (Å²) in [5, 5.41) is 18.4. The van der Waals surface area contributed by atoms with Gasteiger partial charge >= 0.3 is 12.3 Å². The van der Waals surface area contributed by atoms with Crippen LogP contribution in [0.1, 0.15) is 49.2 Å². The Morgan fingerprint density at radius 3 is 2.15 bits per heavy atom. The van der Waals surface area contributed by atoms with Crippen molar-refractivity contribution in [3.8, 4) is 28.3 Å². The number of ether oxygens (including phenoxy) is 1. The fourth-order valence-corrected chi connectivity index (χ4v) is 5.29. The number of hydrogen-bond acceptors (Lipinski definition) is 4. The van der Waals surface area contributed by atoms with Crippen LogP contribution in [-0.4, -0.2) is 39.7 Å². The Kier molecular flexibility index (Phi) is 11.0. The highest BCUT2D eigenvalue weighted by Gasteiger charge is 2.31. The number of aliphatic carboxylic acids is 1. The lowest BCUT2D eigenvalue weighted by molar-refractivity contribution is -0.274. The number of amides is 1. The van der Waals surface area contributed by atoms with Gasteiger partial charge in [0.15, 0.2) is 0 Å². The number of carbonyl (C=O) groups is 2. The summed E-state index contributed by atoms with van der Waals surface area (Å²) >= 11 is 12.5. The highest BCUT2D eigenvalue weighted by molar-refractivity contribution is 6.35. The molecule has 0 aliphatic carbocycles. The van der Waals surface area contributed by atoms with Gasteiger partial charge in [0.05, 0.1) is 23.9 Å². The monoisotopic (exact) mass is 671 g/mol. The molecular formula is C34H30Cl2F3N3O4. The molecule has 1 aromatic heterocycles. The van der Waals surface area contributed by atoms with Gasteiger partial charge in [-0.2, -0.15) is 5.10 Å². The summed E-state index contributed by atoms with van der Waals surface area (Å²) in [6.45, 7) is 5.96. The SMILES string of the molecule is CC.CC(c1ccc(C(=O)NCCC(=O)O)cc1)n1nc(-c2cc(Cl)cc(Cl)c2)cc1-c1ccc2cc(OC(F)(F)F)ccc2c1. The second kappa shape index (κ2) is 14.7. The van der Waals surface area contributed by atoms with Crippen LogP contribution in [0.5, 0.6) is 5.75 Å². The number of benzene rings is 4. The summed E-state index contributed by atoms with van der Waals surface area (Å²) in [4.78, 5) is 23.2. The van der Waals surface area contributed by atoms with Crippen molar-refractivity contribution in [2.75, 3.05) is 6.54 Å². The van der Waals surface area contributed by atoms with Crippen molar-refractivity contribution in [3.05, 3.63) is 106 Å². The van der Waals surface area contributed by atoms with Gasteiger partial charge in [0.25, 0.3) is 5.91 Å². The summed E-state index contributed by atoms with van der Waals surface area (Å²) < 4.78 is 44.1. The maximum Gasteiger partial charge on any atom is 0.573 e. The number of rotatable bonds is 9. The maximum absolute atomic E-state index is 12.7. The van der Waals surface area contributed by atoms with E-state index in [1.807, 2.05) is 37.6 Å². The Bertz CT molecular complexity index is 1840. The summed E-state index contributed by atoms with van der Waals surface area (Å²) in [6, 6.07) is 23.1. The van der Waals surface area contributed by atoms with Crippen LogP contribution in [-0.2, 0) is 4.79 Å². The number of hydrogen-bond donors (Lipinski definition) is 2. The Morgan fingerprint density at radius 2 is 1.52 bits per heavy atom. The second-order valence-electron chi connectivity index (χ2n) is 9.99.